The highest BCUT2D eigenvalue weighted by Crippen LogP contribution is 2.35. The number of amides is 1. The Balaban J connectivity index is 1.96. The number of halogens is 1. The molecule has 0 aliphatic heterocycles. The van der Waals surface area contributed by atoms with Crippen LogP contribution in [0.1, 0.15) is 12.5 Å². The number of carbonyl (C=O) groups is 1. The molecule has 3 rings (SSSR count). The first-order valence-corrected chi connectivity index (χ1v) is 11.1. The fourth-order valence-corrected chi connectivity index (χ4v) is 4.08. The van der Waals surface area contributed by atoms with Crippen LogP contribution in [0.5, 0.6) is 17.2 Å². The highest BCUT2D eigenvalue weighted by Gasteiger charge is 2.20. The third kappa shape index (κ3) is 5.68. The largest absolute Gasteiger partial charge is 0.495 e. The van der Waals surface area contributed by atoms with Gasteiger partial charge in [-0.2, -0.15) is 0 Å². The van der Waals surface area contributed by atoms with E-state index in [1.807, 2.05) is 25.1 Å². The minimum Gasteiger partial charge on any atom is -0.495 e. The molecule has 0 saturated heterocycles. The van der Waals surface area contributed by atoms with Crippen molar-refractivity contribution in [2.45, 2.75) is 18.7 Å². The van der Waals surface area contributed by atoms with Crippen molar-refractivity contribution in [1.29, 1.82) is 0 Å². The summed E-state index contributed by atoms with van der Waals surface area (Å²) in [4.78, 5) is 11.4. The minimum absolute atomic E-state index is 0.0708. The number of sulfonamides is 1. The number of methoxy groups -OCH3 is 1. The average Bonchev–Trinajstić information content (AvgIpc) is 2.69. The maximum atomic E-state index is 13.0. The fourth-order valence-electron chi connectivity index (χ4n) is 2.82. The van der Waals surface area contributed by atoms with Gasteiger partial charge in [0.1, 0.15) is 11.5 Å². The van der Waals surface area contributed by atoms with Gasteiger partial charge in [-0.3, -0.25) is 9.52 Å². The predicted molar refractivity (Wildman–Crippen MR) is 121 cm³/mol. The number of hydrogen-bond donors (Lipinski definition) is 2. The van der Waals surface area contributed by atoms with Crippen LogP contribution in [-0.4, -0.2) is 21.4 Å². The number of nitrogens with one attached hydrogen (secondary N) is 2. The molecule has 3 aromatic carbocycles. The van der Waals surface area contributed by atoms with E-state index in [-0.39, 0.29) is 27.9 Å². The van der Waals surface area contributed by atoms with Gasteiger partial charge in [-0.25, -0.2) is 8.42 Å². The quantitative estimate of drug-likeness (QED) is 0.504. The van der Waals surface area contributed by atoms with E-state index in [4.69, 9.17) is 21.1 Å². The Morgan fingerprint density at radius 2 is 1.71 bits per heavy atom. The summed E-state index contributed by atoms with van der Waals surface area (Å²) in [6.45, 7) is 3.24. The third-order valence-corrected chi connectivity index (χ3v) is 5.79. The molecule has 0 saturated carbocycles. The Morgan fingerprint density at radius 1 is 0.968 bits per heavy atom. The number of rotatable bonds is 7. The summed E-state index contributed by atoms with van der Waals surface area (Å²) in [5, 5.41) is 2.89. The molecule has 0 spiro atoms. The highest BCUT2D eigenvalue weighted by molar-refractivity contribution is 7.92. The zero-order valence-corrected chi connectivity index (χ0v) is 18.7. The van der Waals surface area contributed by atoms with E-state index in [9.17, 15) is 13.2 Å². The van der Waals surface area contributed by atoms with Crippen LogP contribution in [0, 0.1) is 6.92 Å². The second kappa shape index (κ2) is 9.28. The van der Waals surface area contributed by atoms with Gasteiger partial charge >= 0.3 is 0 Å². The van der Waals surface area contributed by atoms with Gasteiger partial charge in [-0.1, -0.05) is 23.7 Å². The van der Waals surface area contributed by atoms with Crippen molar-refractivity contribution < 1.29 is 22.7 Å². The van der Waals surface area contributed by atoms with Gasteiger partial charge in [0.2, 0.25) is 5.91 Å². The Morgan fingerprint density at radius 3 is 2.39 bits per heavy atom. The molecule has 0 unspecified atom stereocenters. The molecule has 9 heteroatoms. The molecule has 0 aliphatic carbocycles. The topological polar surface area (TPSA) is 93.7 Å². The second-order valence-electron chi connectivity index (χ2n) is 6.71. The summed E-state index contributed by atoms with van der Waals surface area (Å²) < 4.78 is 39.7. The molecule has 0 heterocycles. The van der Waals surface area contributed by atoms with Crippen LogP contribution in [-0.2, 0) is 14.8 Å². The molecule has 2 N–H and O–H groups in total. The van der Waals surface area contributed by atoms with Gasteiger partial charge < -0.3 is 14.8 Å². The van der Waals surface area contributed by atoms with E-state index >= 15 is 0 Å². The van der Waals surface area contributed by atoms with Crippen LogP contribution in [0.3, 0.4) is 0 Å². The first-order chi connectivity index (χ1) is 14.7. The van der Waals surface area contributed by atoms with E-state index < -0.39 is 10.0 Å². The summed E-state index contributed by atoms with van der Waals surface area (Å²) in [7, 11) is -2.61. The second-order valence-corrected chi connectivity index (χ2v) is 8.83. The summed E-state index contributed by atoms with van der Waals surface area (Å²) in [5.41, 5.74) is 1.41. The summed E-state index contributed by atoms with van der Waals surface area (Å²) in [5.74, 6) is 0.819. The van der Waals surface area contributed by atoms with Crippen LogP contribution in [0.2, 0.25) is 5.02 Å². The number of hydrogen-bond acceptors (Lipinski definition) is 5. The van der Waals surface area contributed by atoms with Crippen molar-refractivity contribution in [3.63, 3.8) is 0 Å². The van der Waals surface area contributed by atoms with Crippen LogP contribution in [0.4, 0.5) is 11.4 Å². The molecule has 0 bridgehead atoms. The van der Waals surface area contributed by atoms with Crippen LogP contribution >= 0.6 is 11.6 Å². The van der Waals surface area contributed by atoms with Crippen molar-refractivity contribution in [3.05, 3.63) is 71.2 Å². The molecule has 1 amide bonds. The lowest BCUT2D eigenvalue weighted by atomic mass is 10.2. The predicted octanol–water partition coefficient (Wildman–Crippen LogP) is 5.21. The molecule has 0 fully saturated rings. The number of benzene rings is 3. The van der Waals surface area contributed by atoms with Gasteiger partial charge in [0.15, 0.2) is 5.75 Å². The SMILES string of the molecule is COc1ccc(S(=O)(=O)Nc2cc(Cl)ccc2Oc2cccc(C)c2)cc1NC(C)=O. The number of ether oxygens (including phenoxy) is 2. The van der Waals surface area contributed by atoms with Gasteiger partial charge in [0.25, 0.3) is 10.0 Å². The van der Waals surface area contributed by atoms with E-state index in [0.717, 1.165) is 5.56 Å². The molecule has 162 valence electrons. The van der Waals surface area contributed by atoms with Gasteiger partial charge in [-0.05, 0) is 61.0 Å². The Hall–Kier alpha value is -3.23. The number of anilines is 2. The first-order valence-electron chi connectivity index (χ1n) is 9.20. The molecular formula is C22H21ClN2O5S. The molecule has 0 atom stereocenters. The molecule has 0 aliphatic rings. The van der Waals surface area contributed by atoms with E-state index in [2.05, 4.69) is 10.0 Å². The van der Waals surface area contributed by atoms with Gasteiger partial charge in [-0.15, -0.1) is 0 Å². The van der Waals surface area contributed by atoms with Gasteiger partial charge in [0.05, 0.1) is 23.4 Å². The Labute approximate surface area is 186 Å². The molecule has 0 radical (unpaired) electrons. The zero-order chi connectivity index (χ0) is 22.6. The lowest BCUT2D eigenvalue weighted by Gasteiger charge is -2.15. The normalized spacial score (nSPS) is 11.0. The number of aryl methyl sites for hydroxylation is 1. The summed E-state index contributed by atoms with van der Waals surface area (Å²) >= 11 is 6.09. The molecule has 31 heavy (non-hydrogen) atoms. The lowest BCUT2D eigenvalue weighted by molar-refractivity contribution is -0.114. The maximum Gasteiger partial charge on any atom is 0.262 e. The van der Waals surface area contributed by atoms with Crippen molar-refractivity contribution in [2.75, 3.05) is 17.1 Å². The smallest absolute Gasteiger partial charge is 0.262 e. The summed E-state index contributed by atoms with van der Waals surface area (Å²) in [6, 6.07) is 16.2. The Bertz CT molecular complexity index is 1230. The van der Waals surface area contributed by atoms with Crippen LogP contribution < -0.4 is 19.5 Å². The van der Waals surface area contributed by atoms with E-state index in [1.165, 1.54) is 38.3 Å². The molecule has 0 aromatic heterocycles. The molecular weight excluding hydrogens is 440 g/mol. The standard InChI is InChI=1S/C22H21ClN2O5S/c1-14-5-4-6-17(11-14)30-22-9-7-16(23)12-20(22)25-31(27,28)18-8-10-21(29-3)19(13-18)24-15(2)26/h4-13,25H,1-3H3,(H,24,26). The van der Waals surface area contributed by atoms with Gasteiger partial charge in [0, 0.05) is 11.9 Å². The third-order valence-electron chi connectivity index (χ3n) is 4.20. The average molecular weight is 461 g/mol. The monoisotopic (exact) mass is 460 g/mol. The van der Waals surface area contributed by atoms with Crippen LogP contribution in [0.25, 0.3) is 0 Å². The molecule has 3 aromatic rings. The van der Waals surface area contributed by atoms with E-state index in [1.54, 1.807) is 18.2 Å². The van der Waals surface area contributed by atoms with Crippen LogP contribution in [0.15, 0.2) is 65.6 Å². The lowest BCUT2D eigenvalue weighted by Crippen LogP contribution is -2.15. The zero-order valence-electron chi connectivity index (χ0n) is 17.1. The van der Waals surface area contributed by atoms with Crippen molar-refractivity contribution >= 4 is 38.9 Å². The fraction of sp³-hybridized carbons (Fsp3) is 0.136. The van der Waals surface area contributed by atoms with E-state index in [0.29, 0.717) is 16.5 Å². The number of carbonyl (C=O) groups excluding carboxylic acids is 1. The Kier molecular flexibility index (Phi) is 6.72. The highest BCUT2D eigenvalue weighted by atomic mass is 35.5. The first kappa shape index (κ1) is 22.5. The maximum absolute atomic E-state index is 13.0. The summed E-state index contributed by atoms with van der Waals surface area (Å²) in [6.07, 6.45) is 0. The minimum atomic E-state index is -4.03. The van der Waals surface area contributed by atoms with Crippen molar-refractivity contribution in [3.8, 4) is 17.2 Å². The van der Waals surface area contributed by atoms with Crippen molar-refractivity contribution in [2.24, 2.45) is 0 Å². The van der Waals surface area contributed by atoms with Crippen molar-refractivity contribution in [1.82, 2.24) is 0 Å². The molecule has 7 nitrogen and oxygen atoms in total.